The summed E-state index contributed by atoms with van der Waals surface area (Å²) in [6.07, 6.45) is 1.48. The molecule has 0 saturated carbocycles. The van der Waals surface area contributed by atoms with E-state index in [9.17, 15) is 19.2 Å². The lowest BCUT2D eigenvalue weighted by Gasteiger charge is -2.33. The second kappa shape index (κ2) is 5.88. The van der Waals surface area contributed by atoms with Gasteiger partial charge in [0.2, 0.25) is 11.8 Å². The van der Waals surface area contributed by atoms with Gasteiger partial charge in [0, 0.05) is 37.8 Å². The number of fused-ring (bicyclic) bond motifs is 3. The number of rotatable bonds is 2. The van der Waals surface area contributed by atoms with Crippen LogP contribution in [0.3, 0.4) is 0 Å². The molecule has 2 bridgehead atoms. The van der Waals surface area contributed by atoms with Crippen LogP contribution in [0.25, 0.3) is 0 Å². The first-order valence-corrected chi connectivity index (χ1v) is 9.35. The number of imide groups is 2. The number of piperidine rings is 2. The summed E-state index contributed by atoms with van der Waals surface area (Å²) in [6, 6.07) is 4.87. The molecular weight excluding hydrogens is 348 g/mol. The minimum absolute atomic E-state index is 0.124. The Morgan fingerprint density at radius 1 is 1.00 bits per heavy atom. The van der Waals surface area contributed by atoms with Crippen LogP contribution < -0.4 is 15.5 Å². The first kappa shape index (κ1) is 16.4. The van der Waals surface area contributed by atoms with E-state index in [-0.39, 0.29) is 18.7 Å². The third-order valence-corrected chi connectivity index (χ3v) is 6.02. The largest absolute Gasteiger partial charge is 0.370 e. The van der Waals surface area contributed by atoms with Gasteiger partial charge in [0.25, 0.3) is 11.8 Å². The van der Waals surface area contributed by atoms with Gasteiger partial charge >= 0.3 is 0 Å². The molecule has 8 nitrogen and oxygen atoms in total. The highest BCUT2D eigenvalue weighted by atomic mass is 16.2. The van der Waals surface area contributed by atoms with Crippen molar-refractivity contribution >= 4 is 29.3 Å². The Bertz CT molecular complexity index is 870. The van der Waals surface area contributed by atoms with Gasteiger partial charge < -0.3 is 10.2 Å². The average molecular weight is 368 g/mol. The summed E-state index contributed by atoms with van der Waals surface area (Å²) < 4.78 is 0. The van der Waals surface area contributed by atoms with E-state index in [4.69, 9.17) is 0 Å². The third-order valence-electron chi connectivity index (χ3n) is 6.02. The van der Waals surface area contributed by atoms with Gasteiger partial charge in [-0.2, -0.15) is 0 Å². The van der Waals surface area contributed by atoms with E-state index in [0.29, 0.717) is 23.1 Å². The lowest BCUT2D eigenvalue weighted by molar-refractivity contribution is -0.136. The lowest BCUT2D eigenvalue weighted by Crippen LogP contribution is -2.54. The molecule has 0 radical (unpaired) electrons. The Hall–Kier alpha value is -2.74. The van der Waals surface area contributed by atoms with Crippen molar-refractivity contribution in [3.8, 4) is 0 Å². The predicted octanol–water partition coefficient (Wildman–Crippen LogP) is -0.114. The van der Waals surface area contributed by atoms with E-state index < -0.39 is 23.8 Å². The molecule has 3 saturated heterocycles. The van der Waals surface area contributed by atoms with Gasteiger partial charge in [-0.15, -0.1) is 0 Å². The van der Waals surface area contributed by atoms with Crippen LogP contribution in [0.5, 0.6) is 0 Å². The number of amides is 4. The van der Waals surface area contributed by atoms with Crippen molar-refractivity contribution in [1.82, 2.24) is 15.5 Å². The first-order chi connectivity index (χ1) is 13.0. The van der Waals surface area contributed by atoms with E-state index in [1.807, 2.05) is 6.07 Å². The van der Waals surface area contributed by atoms with Crippen LogP contribution in [-0.2, 0) is 9.59 Å². The Morgan fingerprint density at radius 3 is 2.59 bits per heavy atom. The van der Waals surface area contributed by atoms with Crippen molar-refractivity contribution in [3.63, 3.8) is 0 Å². The van der Waals surface area contributed by atoms with Crippen LogP contribution in [0.15, 0.2) is 18.2 Å². The SMILES string of the molecule is O=C1CCC(N2C(=O)c3ccc(N4CC5CNC(C5)C4)cc3C2=O)C(=O)N1. The fourth-order valence-electron chi connectivity index (χ4n) is 4.70. The van der Waals surface area contributed by atoms with Crippen LogP contribution >= 0.6 is 0 Å². The van der Waals surface area contributed by atoms with Gasteiger partial charge in [0.05, 0.1) is 11.1 Å². The molecule has 0 aliphatic carbocycles. The molecule has 4 aliphatic rings. The van der Waals surface area contributed by atoms with E-state index in [0.717, 1.165) is 30.2 Å². The number of benzene rings is 1. The number of nitrogens with zero attached hydrogens (tertiary/aromatic N) is 2. The summed E-state index contributed by atoms with van der Waals surface area (Å²) >= 11 is 0. The quantitative estimate of drug-likeness (QED) is 0.707. The summed E-state index contributed by atoms with van der Waals surface area (Å²) in [4.78, 5) is 52.4. The molecule has 3 unspecified atom stereocenters. The summed E-state index contributed by atoms with van der Waals surface area (Å²) in [7, 11) is 0. The molecule has 0 spiro atoms. The van der Waals surface area contributed by atoms with Crippen LogP contribution in [0.2, 0.25) is 0 Å². The van der Waals surface area contributed by atoms with E-state index in [2.05, 4.69) is 15.5 Å². The lowest BCUT2D eigenvalue weighted by atomic mass is 9.98. The van der Waals surface area contributed by atoms with Gasteiger partial charge in [0.15, 0.2) is 0 Å². The molecule has 4 amide bonds. The number of hydrogen-bond acceptors (Lipinski definition) is 6. The number of anilines is 1. The van der Waals surface area contributed by atoms with Gasteiger partial charge in [-0.05, 0) is 37.0 Å². The second-order valence-electron chi connectivity index (χ2n) is 7.79. The van der Waals surface area contributed by atoms with Crippen molar-refractivity contribution in [2.75, 3.05) is 24.5 Å². The van der Waals surface area contributed by atoms with Crippen molar-refractivity contribution in [2.24, 2.45) is 5.92 Å². The zero-order chi connectivity index (χ0) is 18.7. The summed E-state index contributed by atoms with van der Waals surface area (Å²) in [5.74, 6) is -1.27. The highest BCUT2D eigenvalue weighted by molar-refractivity contribution is 6.23. The first-order valence-electron chi connectivity index (χ1n) is 9.35. The van der Waals surface area contributed by atoms with Gasteiger partial charge in [-0.3, -0.25) is 29.4 Å². The number of nitrogens with one attached hydrogen (secondary N) is 2. The molecule has 4 aliphatic heterocycles. The Morgan fingerprint density at radius 2 is 1.81 bits per heavy atom. The highest BCUT2D eigenvalue weighted by Gasteiger charge is 2.45. The molecule has 0 aromatic heterocycles. The molecule has 5 rings (SSSR count). The molecule has 27 heavy (non-hydrogen) atoms. The molecule has 3 fully saturated rings. The van der Waals surface area contributed by atoms with Crippen LogP contribution in [0, 0.1) is 5.92 Å². The molecule has 1 aromatic carbocycles. The molecular formula is C19H20N4O4. The minimum Gasteiger partial charge on any atom is -0.370 e. The van der Waals surface area contributed by atoms with Crippen molar-refractivity contribution in [2.45, 2.75) is 31.3 Å². The Kier molecular flexibility index (Phi) is 3.58. The normalized spacial score (nSPS) is 30.0. The van der Waals surface area contributed by atoms with Crippen LogP contribution in [0.4, 0.5) is 5.69 Å². The third kappa shape index (κ3) is 2.55. The van der Waals surface area contributed by atoms with Gasteiger partial charge in [-0.1, -0.05) is 0 Å². The molecule has 4 heterocycles. The molecule has 3 atom stereocenters. The zero-order valence-electron chi connectivity index (χ0n) is 14.7. The van der Waals surface area contributed by atoms with E-state index in [1.165, 1.54) is 6.42 Å². The molecule has 1 aromatic rings. The topological polar surface area (TPSA) is 98.8 Å². The standard InChI is InChI=1S/C19H20N4O4/c24-16-4-3-15(17(25)21-16)23-18(26)13-2-1-12(6-14(13)19(23)27)22-8-10-5-11(9-22)20-7-10/h1-2,6,10-11,15,20H,3-5,7-9H2,(H,21,24,25). The summed E-state index contributed by atoms with van der Waals surface area (Å²) in [6.45, 7) is 2.84. The highest BCUT2D eigenvalue weighted by Crippen LogP contribution is 2.33. The van der Waals surface area contributed by atoms with Crippen molar-refractivity contribution in [3.05, 3.63) is 29.3 Å². The van der Waals surface area contributed by atoms with Crippen molar-refractivity contribution in [1.29, 1.82) is 0 Å². The van der Waals surface area contributed by atoms with E-state index >= 15 is 0 Å². The second-order valence-corrected chi connectivity index (χ2v) is 7.79. The van der Waals surface area contributed by atoms with Crippen molar-refractivity contribution < 1.29 is 19.2 Å². The fourth-order valence-corrected chi connectivity index (χ4v) is 4.70. The number of hydrogen-bond donors (Lipinski definition) is 2. The molecule has 8 heteroatoms. The Balaban J connectivity index is 1.43. The predicted molar refractivity (Wildman–Crippen MR) is 95.2 cm³/mol. The van der Waals surface area contributed by atoms with Gasteiger partial charge in [-0.25, -0.2) is 0 Å². The van der Waals surface area contributed by atoms with E-state index in [1.54, 1.807) is 12.1 Å². The van der Waals surface area contributed by atoms with Crippen LogP contribution in [-0.4, -0.2) is 60.2 Å². The number of carbonyl (C=O) groups excluding carboxylic acids is 4. The number of carbonyl (C=O) groups is 4. The maximum Gasteiger partial charge on any atom is 0.262 e. The Labute approximate surface area is 155 Å². The molecule has 140 valence electrons. The van der Waals surface area contributed by atoms with Gasteiger partial charge in [0.1, 0.15) is 6.04 Å². The average Bonchev–Trinajstić information content (AvgIpc) is 3.12. The molecule has 2 N–H and O–H groups in total. The zero-order valence-corrected chi connectivity index (χ0v) is 14.7. The monoisotopic (exact) mass is 368 g/mol. The maximum absolute atomic E-state index is 12.9. The summed E-state index contributed by atoms with van der Waals surface area (Å²) in [5, 5.41) is 5.72. The maximum atomic E-state index is 12.9. The minimum atomic E-state index is -0.923. The fraction of sp³-hybridized carbons (Fsp3) is 0.474. The summed E-state index contributed by atoms with van der Waals surface area (Å²) in [5.41, 5.74) is 1.60. The van der Waals surface area contributed by atoms with Crippen LogP contribution in [0.1, 0.15) is 40.0 Å². The smallest absolute Gasteiger partial charge is 0.262 e.